The number of pyridine rings is 2. The molecule has 0 bridgehead atoms. The molecular formula is C15H14N4S. The van der Waals surface area contributed by atoms with Gasteiger partial charge in [0, 0.05) is 30.1 Å². The van der Waals surface area contributed by atoms with E-state index in [1.165, 1.54) is 0 Å². The summed E-state index contributed by atoms with van der Waals surface area (Å²) in [5, 5.41) is 0. The summed E-state index contributed by atoms with van der Waals surface area (Å²) in [4.78, 5) is 9.23. The molecule has 5 heteroatoms. The number of nitrogens with zero attached hydrogens (tertiary/aromatic N) is 3. The van der Waals surface area contributed by atoms with E-state index in [1.54, 1.807) is 12.4 Å². The molecule has 2 N–H and O–H groups in total. The van der Waals surface area contributed by atoms with Crippen LogP contribution in [0.4, 0.5) is 0 Å². The summed E-state index contributed by atoms with van der Waals surface area (Å²) in [7, 11) is 0. The van der Waals surface area contributed by atoms with Gasteiger partial charge in [-0.25, -0.2) is 4.98 Å². The first-order valence-corrected chi connectivity index (χ1v) is 6.73. The highest BCUT2D eigenvalue weighted by Gasteiger charge is 2.15. The molecule has 0 spiro atoms. The van der Waals surface area contributed by atoms with Crippen molar-refractivity contribution in [2.75, 3.05) is 0 Å². The third kappa shape index (κ3) is 2.16. The van der Waals surface area contributed by atoms with Crippen LogP contribution in [-0.2, 0) is 6.42 Å². The molecule has 0 fully saturated rings. The van der Waals surface area contributed by atoms with Crippen LogP contribution in [-0.4, -0.2) is 19.4 Å². The molecular weight excluding hydrogens is 268 g/mol. The number of thiocarbonyl (C=S) groups is 1. The predicted molar refractivity (Wildman–Crippen MR) is 83.6 cm³/mol. The van der Waals surface area contributed by atoms with Crippen LogP contribution in [0.2, 0.25) is 0 Å². The van der Waals surface area contributed by atoms with Gasteiger partial charge in [-0.05, 0) is 31.2 Å². The first-order valence-electron chi connectivity index (χ1n) is 6.32. The van der Waals surface area contributed by atoms with E-state index in [9.17, 15) is 0 Å². The maximum atomic E-state index is 5.75. The van der Waals surface area contributed by atoms with Crippen molar-refractivity contribution in [2.24, 2.45) is 5.73 Å². The maximum Gasteiger partial charge on any atom is 0.137 e. The van der Waals surface area contributed by atoms with Crippen LogP contribution in [0.1, 0.15) is 11.4 Å². The van der Waals surface area contributed by atoms with Gasteiger partial charge in [-0.15, -0.1) is 0 Å². The van der Waals surface area contributed by atoms with Crippen LogP contribution in [0.5, 0.6) is 0 Å². The van der Waals surface area contributed by atoms with Gasteiger partial charge >= 0.3 is 0 Å². The lowest BCUT2D eigenvalue weighted by molar-refractivity contribution is 1.02. The first-order chi connectivity index (χ1) is 9.66. The zero-order valence-electron chi connectivity index (χ0n) is 11.1. The fourth-order valence-corrected chi connectivity index (χ4v) is 2.53. The lowest BCUT2D eigenvalue weighted by atomic mass is 10.1. The SMILES string of the molecule is Cc1cccc2nc(-c3ccncc3)c(CC(N)=S)n12. The molecule has 3 aromatic heterocycles. The Balaban J connectivity index is 2.31. The van der Waals surface area contributed by atoms with Crippen molar-refractivity contribution in [3.63, 3.8) is 0 Å². The van der Waals surface area contributed by atoms with Crippen molar-refractivity contribution in [3.8, 4) is 11.3 Å². The number of aryl methyl sites for hydroxylation is 1. The number of aromatic nitrogens is 3. The zero-order chi connectivity index (χ0) is 14.1. The molecule has 3 heterocycles. The third-order valence-corrected chi connectivity index (χ3v) is 3.37. The molecule has 3 rings (SSSR count). The minimum atomic E-state index is 0.463. The van der Waals surface area contributed by atoms with Gasteiger partial charge in [0.1, 0.15) is 5.65 Å². The van der Waals surface area contributed by atoms with E-state index < -0.39 is 0 Å². The minimum Gasteiger partial charge on any atom is -0.393 e. The molecule has 3 aromatic rings. The average Bonchev–Trinajstić information content (AvgIpc) is 2.79. The number of hydrogen-bond donors (Lipinski definition) is 1. The van der Waals surface area contributed by atoms with E-state index in [4.69, 9.17) is 22.9 Å². The van der Waals surface area contributed by atoms with Crippen LogP contribution in [0.25, 0.3) is 16.9 Å². The Labute approximate surface area is 122 Å². The molecule has 0 radical (unpaired) electrons. The Bertz CT molecular complexity index is 777. The highest BCUT2D eigenvalue weighted by molar-refractivity contribution is 7.80. The highest BCUT2D eigenvalue weighted by Crippen LogP contribution is 2.25. The van der Waals surface area contributed by atoms with Gasteiger partial charge in [0.05, 0.1) is 16.4 Å². The molecule has 0 saturated heterocycles. The second-order valence-electron chi connectivity index (χ2n) is 4.65. The average molecular weight is 282 g/mol. The van der Waals surface area contributed by atoms with E-state index in [-0.39, 0.29) is 0 Å². The molecule has 0 aliphatic carbocycles. The smallest absolute Gasteiger partial charge is 0.137 e. The molecule has 0 aliphatic rings. The van der Waals surface area contributed by atoms with Crippen molar-refractivity contribution in [2.45, 2.75) is 13.3 Å². The molecule has 100 valence electrons. The van der Waals surface area contributed by atoms with Gasteiger partial charge in [0.25, 0.3) is 0 Å². The highest BCUT2D eigenvalue weighted by atomic mass is 32.1. The molecule has 0 aromatic carbocycles. The van der Waals surface area contributed by atoms with E-state index in [2.05, 4.69) is 9.38 Å². The summed E-state index contributed by atoms with van der Waals surface area (Å²) < 4.78 is 2.11. The quantitative estimate of drug-likeness (QED) is 0.750. The fraction of sp³-hybridized carbons (Fsp3) is 0.133. The van der Waals surface area contributed by atoms with Crippen LogP contribution < -0.4 is 5.73 Å². The number of hydrogen-bond acceptors (Lipinski definition) is 3. The van der Waals surface area contributed by atoms with Crippen LogP contribution in [0.3, 0.4) is 0 Å². The summed E-state index contributed by atoms with van der Waals surface area (Å²) in [6.45, 7) is 2.05. The monoisotopic (exact) mass is 282 g/mol. The van der Waals surface area contributed by atoms with Gasteiger partial charge in [0.15, 0.2) is 0 Å². The van der Waals surface area contributed by atoms with Gasteiger partial charge in [-0.1, -0.05) is 18.3 Å². The first kappa shape index (κ1) is 12.7. The third-order valence-electron chi connectivity index (χ3n) is 3.23. The summed E-state index contributed by atoms with van der Waals surface area (Å²) in [6, 6.07) is 9.92. The Morgan fingerprint density at radius 1 is 1.25 bits per heavy atom. The van der Waals surface area contributed by atoms with Crippen molar-refractivity contribution in [1.82, 2.24) is 14.4 Å². The van der Waals surface area contributed by atoms with Gasteiger partial charge in [-0.2, -0.15) is 0 Å². The standard InChI is InChI=1S/C15H14N4S/c1-10-3-2-4-14-18-15(11-5-7-17-8-6-11)12(19(10)14)9-13(16)20/h2-8H,9H2,1H3,(H2,16,20). The van der Waals surface area contributed by atoms with Gasteiger partial charge < -0.3 is 10.1 Å². The molecule has 0 amide bonds. The predicted octanol–water partition coefficient (Wildman–Crippen LogP) is 2.53. The van der Waals surface area contributed by atoms with Crippen molar-refractivity contribution < 1.29 is 0 Å². The lowest BCUT2D eigenvalue weighted by Gasteiger charge is -2.06. The summed E-state index contributed by atoms with van der Waals surface area (Å²) in [5.41, 5.74) is 10.7. The number of rotatable bonds is 3. The second-order valence-corrected chi connectivity index (χ2v) is 5.17. The summed E-state index contributed by atoms with van der Waals surface area (Å²) >= 11 is 5.08. The maximum absolute atomic E-state index is 5.75. The molecule has 0 atom stereocenters. The largest absolute Gasteiger partial charge is 0.393 e. The normalized spacial score (nSPS) is 10.8. The summed E-state index contributed by atoms with van der Waals surface area (Å²) in [6.07, 6.45) is 4.05. The molecule has 4 nitrogen and oxygen atoms in total. The Kier molecular flexibility index (Phi) is 3.20. The molecule has 20 heavy (non-hydrogen) atoms. The molecule has 0 saturated carbocycles. The zero-order valence-corrected chi connectivity index (χ0v) is 11.9. The number of fused-ring (bicyclic) bond motifs is 1. The lowest BCUT2D eigenvalue weighted by Crippen LogP contribution is -2.13. The van der Waals surface area contributed by atoms with Crippen molar-refractivity contribution in [1.29, 1.82) is 0 Å². The Morgan fingerprint density at radius 2 is 2.00 bits per heavy atom. The fourth-order valence-electron chi connectivity index (χ4n) is 2.40. The van der Waals surface area contributed by atoms with E-state index in [1.807, 2.05) is 37.3 Å². The van der Waals surface area contributed by atoms with Crippen LogP contribution in [0, 0.1) is 6.92 Å². The van der Waals surface area contributed by atoms with Crippen molar-refractivity contribution >= 4 is 22.9 Å². The van der Waals surface area contributed by atoms with Gasteiger partial charge in [-0.3, -0.25) is 4.98 Å². The molecule has 0 aliphatic heterocycles. The van der Waals surface area contributed by atoms with Crippen molar-refractivity contribution in [3.05, 3.63) is 54.1 Å². The van der Waals surface area contributed by atoms with E-state index >= 15 is 0 Å². The molecule has 0 unspecified atom stereocenters. The number of nitrogens with two attached hydrogens (primary N) is 1. The topological polar surface area (TPSA) is 56.2 Å². The second kappa shape index (κ2) is 5.02. The summed E-state index contributed by atoms with van der Waals surface area (Å²) in [5.74, 6) is 0. The number of imidazole rings is 1. The van der Waals surface area contributed by atoms with Crippen LogP contribution in [0.15, 0.2) is 42.7 Å². The Hall–Kier alpha value is -2.27. The van der Waals surface area contributed by atoms with E-state index in [0.29, 0.717) is 11.4 Å². The van der Waals surface area contributed by atoms with Gasteiger partial charge in [0.2, 0.25) is 0 Å². The minimum absolute atomic E-state index is 0.463. The van der Waals surface area contributed by atoms with E-state index in [0.717, 1.165) is 28.3 Å². The Morgan fingerprint density at radius 3 is 2.70 bits per heavy atom. The van der Waals surface area contributed by atoms with Crippen LogP contribution >= 0.6 is 12.2 Å².